The molecule has 1 saturated carbocycles. The molecule has 6 atom stereocenters. The van der Waals surface area contributed by atoms with Gasteiger partial charge in [0.15, 0.2) is 0 Å². The zero-order chi connectivity index (χ0) is 40.1. The number of carboxylic acids is 1. The molecule has 16 heteroatoms. The minimum absolute atomic E-state index is 0.0269. The Morgan fingerprint density at radius 3 is 2.02 bits per heavy atom. The van der Waals surface area contributed by atoms with Gasteiger partial charge in [-0.2, -0.15) is 0 Å². The van der Waals surface area contributed by atoms with Gasteiger partial charge in [-0.05, 0) is 75.5 Å². The van der Waals surface area contributed by atoms with Crippen molar-refractivity contribution in [3.8, 4) is 5.75 Å². The summed E-state index contributed by atoms with van der Waals surface area (Å²) in [5.41, 5.74) is 0.413. The van der Waals surface area contributed by atoms with E-state index in [1.54, 1.807) is 0 Å². The molecule has 6 amide bonds. The van der Waals surface area contributed by atoms with Gasteiger partial charge in [0.25, 0.3) is 0 Å². The summed E-state index contributed by atoms with van der Waals surface area (Å²) in [6.07, 6.45) is 7.10. The summed E-state index contributed by atoms with van der Waals surface area (Å²) in [5, 5.41) is 40.5. The number of piperidine rings is 1. The van der Waals surface area contributed by atoms with E-state index in [9.17, 15) is 48.9 Å². The highest BCUT2D eigenvalue weighted by molar-refractivity contribution is 5.98. The second-order valence-corrected chi connectivity index (χ2v) is 15.0. The van der Waals surface area contributed by atoms with Gasteiger partial charge in [0.2, 0.25) is 35.4 Å². The SMILES string of the molecule is CCCNC(=O)[C@@H](NC(=O)[C@@H]1CCCN1C(=O)[C@H](CC(=O)O)NC(=O)[C@@H]1CCCCN1C(=O)[C@@H](NC(=O)CCC1CCCCC1)c1ccc(O)cc1)C(C)O. The van der Waals surface area contributed by atoms with Crippen LogP contribution in [0, 0.1) is 5.92 Å². The van der Waals surface area contributed by atoms with Crippen LogP contribution in [0.5, 0.6) is 5.75 Å². The maximum absolute atomic E-state index is 14.3. The molecule has 0 spiro atoms. The van der Waals surface area contributed by atoms with Crippen molar-refractivity contribution >= 4 is 41.4 Å². The normalized spacial score (nSPS) is 21.1. The molecule has 1 aromatic rings. The zero-order valence-corrected chi connectivity index (χ0v) is 32.0. The van der Waals surface area contributed by atoms with Gasteiger partial charge in [0.1, 0.15) is 36.0 Å². The Labute approximate surface area is 322 Å². The van der Waals surface area contributed by atoms with E-state index in [-0.39, 0.29) is 44.0 Å². The lowest BCUT2D eigenvalue weighted by molar-refractivity contribution is -0.149. The van der Waals surface area contributed by atoms with Crippen molar-refractivity contribution in [2.24, 2.45) is 5.92 Å². The van der Waals surface area contributed by atoms with Gasteiger partial charge >= 0.3 is 5.97 Å². The Morgan fingerprint density at radius 1 is 0.782 bits per heavy atom. The number of hydrogen-bond acceptors (Lipinski definition) is 9. The average molecular weight is 771 g/mol. The molecule has 0 bridgehead atoms. The van der Waals surface area contributed by atoms with Gasteiger partial charge in [0.05, 0.1) is 12.5 Å². The van der Waals surface area contributed by atoms with Gasteiger partial charge in [-0.25, -0.2) is 0 Å². The first-order valence-electron chi connectivity index (χ1n) is 19.8. The fourth-order valence-corrected chi connectivity index (χ4v) is 7.79. The number of phenols is 1. The summed E-state index contributed by atoms with van der Waals surface area (Å²) in [6, 6.07) is -0.321. The average Bonchev–Trinajstić information content (AvgIpc) is 3.67. The number of carboxylic acid groups (broad SMARTS) is 1. The molecule has 1 aliphatic carbocycles. The van der Waals surface area contributed by atoms with Gasteiger partial charge in [-0.3, -0.25) is 33.6 Å². The maximum atomic E-state index is 14.3. The number of carbonyl (C=O) groups excluding carboxylic acids is 6. The first-order valence-corrected chi connectivity index (χ1v) is 19.8. The number of aliphatic carboxylic acids is 1. The number of aliphatic hydroxyl groups excluding tert-OH is 1. The second kappa shape index (κ2) is 20.8. The number of amides is 6. The zero-order valence-electron chi connectivity index (χ0n) is 32.0. The highest BCUT2D eigenvalue weighted by Crippen LogP contribution is 2.29. The van der Waals surface area contributed by atoms with Crippen LogP contribution in [0.4, 0.5) is 0 Å². The van der Waals surface area contributed by atoms with E-state index in [4.69, 9.17) is 0 Å². The number of nitrogens with one attached hydrogen (secondary N) is 4. The first-order chi connectivity index (χ1) is 26.3. The van der Waals surface area contributed by atoms with E-state index >= 15 is 0 Å². The number of benzene rings is 1. The van der Waals surface area contributed by atoms with Crippen LogP contribution in [0.25, 0.3) is 0 Å². The molecule has 7 N–H and O–H groups in total. The van der Waals surface area contributed by atoms with Gasteiger partial charge in [0, 0.05) is 26.1 Å². The molecule has 3 aliphatic rings. The first kappa shape index (κ1) is 43.0. The van der Waals surface area contributed by atoms with Crippen molar-refractivity contribution in [2.75, 3.05) is 19.6 Å². The predicted octanol–water partition coefficient (Wildman–Crippen LogP) is 1.63. The van der Waals surface area contributed by atoms with Crippen LogP contribution in [-0.2, 0) is 33.6 Å². The largest absolute Gasteiger partial charge is 0.508 e. The number of nitrogens with zero attached hydrogens (tertiary/aromatic N) is 2. The van der Waals surface area contributed by atoms with Crippen molar-refractivity contribution < 1.29 is 48.9 Å². The van der Waals surface area contributed by atoms with Gasteiger partial charge in [-0.15, -0.1) is 0 Å². The lowest BCUT2D eigenvalue weighted by atomic mass is 9.86. The van der Waals surface area contributed by atoms with Crippen LogP contribution in [0.1, 0.15) is 115 Å². The van der Waals surface area contributed by atoms with Crippen LogP contribution in [0.15, 0.2) is 24.3 Å². The molecule has 2 heterocycles. The number of rotatable bonds is 17. The molecule has 0 aromatic heterocycles. The van der Waals surface area contributed by atoms with Crippen molar-refractivity contribution in [3.63, 3.8) is 0 Å². The smallest absolute Gasteiger partial charge is 0.305 e. The highest BCUT2D eigenvalue weighted by atomic mass is 16.4. The third kappa shape index (κ3) is 12.1. The van der Waals surface area contributed by atoms with Crippen LogP contribution in [0.2, 0.25) is 0 Å². The molecular weight excluding hydrogens is 712 g/mol. The van der Waals surface area contributed by atoms with E-state index in [1.807, 2.05) is 6.92 Å². The van der Waals surface area contributed by atoms with Crippen LogP contribution in [-0.4, -0.2) is 116 Å². The predicted molar refractivity (Wildman–Crippen MR) is 200 cm³/mol. The van der Waals surface area contributed by atoms with E-state index in [1.165, 1.54) is 47.4 Å². The molecule has 2 saturated heterocycles. The number of aliphatic hydroxyl groups is 1. The molecule has 1 unspecified atom stereocenters. The third-order valence-electron chi connectivity index (χ3n) is 10.8. The standard InChI is InChI=1S/C39H58N6O10/c1-3-20-40-37(53)33(24(2)46)43-36(52)30-13-9-22-44(30)38(54)28(23-32(49)50)41-35(51)29-12-7-8-21-45(29)39(55)34(26-15-17-27(47)18-16-26)42-31(48)19-14-25-10-5-4-6-11-25/h15-18,24-25,28-30,33-34,46-47H,3-14,19-23H2,1-2H3,(H,40,53)(H,41,51)(H,42,48)(H,43,52)(H,49,50)/t24?,28-,29-,30-,33-,34-/m0/s1. The number of likely N-dealkylation sites (tertiary alicyclic amines) is 2. The molecule has 1 aromatic carbocycles. The van der Waals surface area contributed by atoms with E-state index in [2.05, 4.69) is 21.3 Å². The van der Waals surface area contributed by atoms with Crippen LogP contribution >= 0.6 is 0 Å². The minimum atomic E-state index is -1.58. The van der Waals surface area contributed by atoms with Crippen molar-refractivity contribution in [1.82, 2.24) is 31.1 Å². The number of phenolic OH excluding ortho intramolecular Hbond substituents is 1. The van der Waals surface area contributed by atoms with E-state index < -0.39 is 78.2 Å². The number of aromatic hydroxyl groups is 1. The highest BCUT2D eigenvalue weighted by Gasteiger charge is 2.42. The quantitative estimate of drug-likeness (QED) is 0.121. The summed E-state index contributed by atoms with van der Waals surface area (Å²) in [5.74, 6) is -4.66. The van der Waals surface area contributed by atoms with Crippen molar-refractivity contribution in [2.45, 2.75) is 140 Å². The number of carbonyl (C=O) groups is 7. The molecule has 0 radical (unpaired) electrons. The van der Waals surface area contributed by atoms with Crippen LogP contribution in [0.3, 0.4) is 0 Å². The molecule has 3 fully saturated rings. The van der Waals surface area contributed by atoms with Gasteiger partial charge in [-0.1, -0.05) is 51.2 Å². The molecule has 4 rings (SSSR count). The molecule has 55 heavy (non-hydrogen) atoms. The summed E-state index contributed by atoms with van der Waals surface area (Å²) in [7, 11) is 0. The Kier molecular flexibility index (Phi) is 16.3. The van der Waals surface area contributed by atoms with E-state index in [0.29, 0.717) is 50.1 Å². The van der Waals surface area contributed by atoms with Crippen molar-refractivity contribution in [3.05, 3.63) is 29.8 Å². The van der Waals surface area contributed by atoms with Crippen LogP contribution < -0.4 is 21.3 Å². The fourth-order valence-electron chi connectivity index (χ4n) is 7.79. The molecule has 16 nitrogen and oxygen atoms in total. The Balaban J connectivity index is 1.49. The lowest BCUT2D eigenvalue weighted by Gasteiger charge is -2.38. The summed E-state index contributed by atoms with van der Waals surface area (Å²) < 4.78 is 0. The monoisotopic (exact) mass is 770 g/mol. The summed E-state index contributed by atoms with van der Waals surface area (Å²) >= 11 is 0. The molecule has 2 aliphatic heterocycles. The topological polar surface area (TPSA) is 235 Å². The second-order valence-electron chi connectivity index (χ2n) is 15.0. The van der Waals surface area contributed by atoms with Crippen molar-refractivity contribution in [1.29, 1.82) is 0 Å². The molecule has 304 valence electrons. The lowest BCUT2D eigenvalue weighted by Crippen LogP contribution is -2.60. The fraction of sp³-hybridized carbons (Fsp3) is 0.667. The minimum Gasteiger partial charge on any atom is -0.508 e. The van der Waals surface area contributed by atoms with E-state index in [0.717, 1.165) is 25.7 Å². The Bertz CT molecular complexity index is 1510. The Morgan fingerprint density at radius 2 is 1.38 bits per heavy atom. The molecular formula is C39H58N6O10. The Hall–Kier alpha value is -4.73. The number of hydrogen-bond donors (Lipinski definition) is 7. The third-order valence-corrected chi connectivity index (χ3v) is 10.8. The maximum Gasteiger partial charge on any atom is 0.305 e. The summed E-state index contributed by atoms with van der Waals surface area (Å²) in [6.45, 7) is 3.80. The van der Waals surface area contributed by atoms with Gasteiger partial charge < -0.3 is 46.4 Å². The summed E-state index contributed by atoms with van der Waals surface area (Å²) in [4.78, 5) is 96.0.